The van der Waals surface area contributed by atoms with Gasteiger partial charge in [-0.3, -0.25) is 0 Å². The Kier molecular flexibility index (Phi) is 3.29. The van der Waals surface area contributed by atoms with Crippen molar-refractivity contribution in [1.82, 2.24) is 9.55 Å². The molecular weight excluding hydrogens is 268 g/mol. The third kappa shape index (κ3) is 2.44. The van der Waals surface area contributed by atoms with Gasteiger partial charge in [0.05, 0.1) is 22.7 Å². The van der Waals surface area contributed by atoms with Crippen molar-refractivity contribution in [3.8, 4) is 5.75 Å². The summed E-state index contributed by atoms with van der Waals surface area (Å²) in [4.78, 5) is 4.04. The molecule has 3 nitrogen and oxygen atoms in total. The molecule has 1 heterocycles. The van der Waals surface area contributed by atoms with Crippen LogP contribution in [0.4, 0.5) is 0 Å². The minimum absolute atomic E-state index is 0.526. The normalized spacial score (nSPS) is 10.4. The Balaban J connectivity index is 2.08. The number of hydrogen-bond acceptors (Lipinski definition) is 2. The summed E-state index contributed by atoms with van der Waals surface area (Å²) in [5.41, 5.74) is 2.26. The Labute approximate surface area is 103 Å². The van der Waals surface area contributed by atoms with Gasteiger partial charge in [0.15, 0.2) is 0 Å². The van der Waals surface area contributed by atoms with Gasteiger partial charge in [-0.1, -0.05) is 6.07 Å². The smallest absolute Gasteiger partial charge is 0.134 e. The molecule has 0 bridgehead atoms. The average molecular weight is 281 g/mol. The monoisotopic (exact) mass is 280 g/mol. The summed E-state index contributed by atoms with van der Waals surface area (Å²) >= 11 is 3.48. The zero-order valence-electron chi connectivity index (χ0n) is 9.27. The standard InChI is InChI=1S/C12H13BrN2O/c1-9-3-4-12(11(13)5-9)16-7-10-6-14-8-15(10)2/h3-6,8H,7H2,1-2H3. The lowest BCUT2D eigenvalue weighted by atomic mass is 10.2. The van der Waals surface area contributed by atoms with Crippen LogP contribution in [0.5, 0.6) is 5.75 Å². The zero-order chi connectivity index (χ0) is 11.5. The van der Waals surface area contributed by atoms with E-state index in [-0.39, 0.29) is 0 Å². The maximum absolute atomic E-state index is 5.71. The van der Waals surface area contributed by atoms with Gasteiger partial charge < -0.3 is 9.30 Å². The van der Waals surface area contributed by atoms with Crippen LogP contribution >= 0.6 is 15.9 Å². The molecule has 0 N–H and O–H groups in total. The zero-order valence-corrected chi connectivity index (χ0v) is 10.9. The number of imidazole rings is 1. The number of aryl methyl sites for hydroxylation is 2. The lowest BCUT2D eigenvalue weighted by molar-refractivity contribution is 0.295. The fraction of sp³-hybridized carbons (Fsp3) is 0.250. The first-order valence-electron chi connectivity index (χ1n) is 5.01. The van der Waals surface area contributed by atoms with Gasteiger partial charge in [-0.2, -0.15) is 0 Å². The molecule has 2 rings (SSSR count). The predicted octanol–water partition coefficient (Wildman–Crippen LogP) is 3.07. The molecule has 0 atom stereocenters. The summed E-state index contributed by atoms with van der Waals surface area (Å²) < 4.78 is 8.64. The van der Waals surface area contributed by atoms with Crippen molar-refractivity contribution in [2.75, 3.05) is 0 Å². The van der Waals surface area contributed by atoms with Crippen LogP contribution in [0.1, 0.15) is 11.3 Å². The van der Waals surface area contributed by atoms with Crippen molar-refractivity contribution in [2.24, 2.45) is 7.05 Å². The molecule has 0 spiro atoms. The number of benzene rings is 1. The third-order valence-corrected chi connectivity index (χ3v) is 3.00. The molecule has 4 heteroatoms. The Hall–Kier alpha value is -1.29. The van der Waals surface area contributed by atoms with Crippen molar-refractivity contribution in [3.63, 3.8) is 0 Å². The Morgan fingerprint density at radius 1 is 1.44 bits per heavy atom. The molecular formula is C12H13BrN2O. The number of ether oxygens (including phenoxy) is 1. The summed E-state index contributed by atoms with van der Waals surface area (Å²) in [6.45, 7) is 2.58. The second kappa shape index (κ2) is 4.70. The lowest BCUT2D eigenvalue weighted by Gasteiger charge is -2.08. The van der Waals surface area contributed by atoms with Crippen LogP contribution in [0.2, 0.25) is 0 Å². The van der Waals surface area contributed by atoms with Crippen LogP contribution in [0.15, 0.2) is 35.2 Å². The van der Waals surface area contributed by atoms with Crippen LogP contribution in [0, 0.1) is 6.92 Å². The minimum atomic E-state index is 0.526. The van der Waals surface area contributed by atoms with E-state index in [9.17, 15) is 0 Å². The second-order valence-corrected chi connectivity index (χ2v) is 4.57. The maximum atomic E-state index is 5.71. The van der Waals surface area contributed by atoms with E-state index in [1.54, 1.807) is 6.33 Å². The molecule has 16 heavy (non-hydrogen) atoms. The number of halogens is 1. The van der Waals surface area contributed by atoms with E-state index < -0.39 is 0 Å². The van der Waals surface area contributed by atoms with Crippen LogP contribution in [-0.2, 0) is 13.7 Å². The van der Waals surface area contributed by atoms with Gasteiger partial charge in [0.2, 0.25) is 0 Å². The van der Waals surface area contributed by atoms with E-state index in [1.807, 2.05) is 36.0 Å². The topological polar surface area (TPSA) is 27.1 Å². The van der Waals surface area contributed by atoms with Gasteiger partial charge in [-0.25, -0.2) is 4.98 Å². The van der Waals surface area contributed by atoms with Crippen molar-refractivity contribution in [3.05, 3.63) is 46.5 Å². The molecule has 0 unspecified atom stereocenters. The number of aromatic nitrogens is 2. The molecule has 0 fully saturated rings. The van der Waals surface area contributed by atoms with Crippen molar-refractivity contribution < 1.29 is 4.74 Å². The van der Waals surface area contributed by atoms with Crippen LogP contribution in [0.25, 0.3) is 0 Å². The minimum Gasteiger partial charge on any atom is -0.486 e. The van der Waals surface area contributed by atoms with Crippen molar-refractivity contribution in [1.29, 1.82) is 0 Å². The van der Waals surface area contributed by atoms with Gasteiger partial charge in [-0.15, -0.1) is 0 Å². The number of rotatable bonds is 3. The van der Waals surface area contributed by atoms with E-state index in [0.29, 0.717) is 6.61 Å². The highest BCUT2D eigenvalue weighted by Crippen LogP contribution is 2.26. The molecule has 2 aromatic rings. The SMILES string of the molecule is Cc1ccc(OCc2cncn2C)c(Br)c1. The number of nitrogens with zero attached hydrogens (tertiary/aromatic N) is 2. The summed E-state index contributed by atoms with van der Waals surface area (Å²) in [5.74, 6) is 0.854. The molecule has 0 aliphatic rings. The molecule has 1 aromatic heterocycles. The fourth-order valence-corrected chi connectivity index (χ4v) is 2.01. The molecule has 0 aliphatic heterocycles. The van der Waals surface area contributed by atoms with Gasteiger partial charge in [0.25, 0.3) is 0 Å². The van der Waals surface area contributed by atoms with Crippen molar-refractivity contribution in [2.45, 2.75) is 13.5 Å². The number of hydrogen-bond donors (Lipinski definition) is 0. The van der Waals surface area contributed by atoms with E-state index in [4.69, 9.17) is 4.74 Å². The first kappa shape index (κ1) is 11.2. The lowest BCUT2D eigenvalue weighted by Crippen LogP contribution is -2.01. The van der Waals surface area contributed by atoms with Crippen LogP contribution in [0.3, 0.4) is 0 Å². The van der Waals surface area contributed by atoms with Crippen LogP contribution in [-0.4, -0.2) is 9.55 Å². The van der Waals surface area contributed by atoms with Crippen molar-refractivity contribution >= 4 is 15.9 Å². The Morgan fingerprint density at radius 3 is 2.88 bits per heavy atom. The Morgan fingerprint density at radius 2 is 2.25 bits per heavy atom. The predicted molar refractivity (Wildman–Crippen MR) is 66.4 cm³/mol. The van der Waals surface area contributed by atoms with Crippen LogP contribution < -0.4 is 4.74 Å². The molecule has 84 valence electrons. The van der Waals surface area contributed by atoms with E-state index >= 15 is 0 Å². The second-order valence-electron chi connectivity index (χ2n) is 3.72. The average Bonchev–Trinajstić information content (AvgIpc) is 2.63. The molecule has 0 radical (unpaired) electrons. The molecule has 0 amide bonds. The highest BCUT2D eigenvalue weighted by atomic mass is 79.9. The molecule has 1 aromatic carbocycles. The molecule has 0 aliphatic carbocycles. The molecule has 0 saturated carbocycles. The van der Waals surface area contributed by atoms with Gasteiger partial charge in [0.1, 0.15) is 12.4 Å². The first-order valence-corrected chi connectivity index (χ1v) is 5.80. The Bertz CT molecular complexity index is 494. The first-order chi connectivity index (χ1) is 7.66. The summed E-state index contributed by atoms with van der Waals surface area (Å²) in [7, 11) is 1.95. The highest BCUT2D eigenvalue weighted by molar-refractivity contribution is 9.10. The third-order valence-electron chi connectivity index (χ3n) is 2.38. The summed E-state index contributed by atoms with van der Waals surface area (Å²) in [6.07, 6.45) is 3.57. The maximum Gasteiger partial charge on any atom is 0.134 e. The summed E-state index contributed by atoms with van der Waals surface area (Å²) in [6, 6.07) is 6.04. The van der Waals surface area contributed by atoms with E-state index in [2.05, 4.69) is 27.8 Å². The van der Waals surface area contributed by atoms with E-state index in [0.717, 1.165) is 15.9 Å². The largest absolute Gasteiger partial charge is 0.486 e. The summed E-state index contributed by atoms with van der Waals surface area (Å²) in [5, 5.41) is 0. The van der Waals surface area contributed by atoms with Gasteiger partial charge >= 0.3 is 0 Å². The van der Waals surface area contributed by atoms with Gasteiger partial charge in [-0.05, 0) is 40.5 Å². The highest BCUT2D eigenvalue weighted by Gasteiger charge is 2.03. The molecule has 0 saturated heterocycles. The van der Waals surface area contributed by atoms with E-state index in [1.165, 1.54) is 5.56 Å². The van der Waals surface area contributed by atoms with Gasteiger partial charge in [0, 0.05) is 7.05 Å². The quantitative estimate of drug-likeness (QED) is 0.864. The fourth-order valence-electron chi connectivity index (χ4n) is 1.40.